The molecule has 1 saturated heterocycles. The first kappa shape index (κ1) is 18.1. The summed E-state index contributed by atoms with van der Waals surface area (Å²) in [6, 6.07) is 7.52. The molecule has 24 heavy (non-hydrogen) atoms. The Balaban J connectivity index is 1.75. The number of ether oxygens (including phenoxy) is 1. The lowest BCUT2D eigenvalue weighted by atomic mass is 10.2. The highest BCUT2D eigenvalue weighted by molar-refractivity contribution is 5.76. The lowest BCUT2D eigenvalue weighted by molar-refractivity contribution is -0.130. The van der Waals surface area contributed by atoms with Crippen molar-refractivity contribution in [2.45, 2.75) is 32.2 Å². The largest absolute Gasteiger partial charge is 0.497 e. The molecule has 1 N–H and O–H groups in total. The number of urea groups is 1. The van der Waals surface area contributed by atoms with Gasteiger partial charge in [0, 0.05) is 39.6 Å². The van der Waals surface area contributed by atoms with Gasteiger partial charge < -0.3 is 19.9 Å². The normalized spacial score (nSPS) is 14.9. The first-order valence-corrected chi connectivity index (χ1v) is 8.50. The van der Waals surface area contributed by atoms with Gasteiger partial charge in [0.15, 0.2) is 0 Å². The SMILES string of the molecule is COc1cccc(CN(C)C(=O)NCCN2CCCCCC2=O)c1. The summed E-state index contributed by atoms with van der Waals surface area (Å²) in [6.45, 7) is 2.37. The topological polar surface area (TPSA) is 61.9 Å². The quantitative estimate of drug-likeness (QED) is 0.868. The minimum absolute atomic E-state index is 0.139. The van der Waals surface area contributed by atoms with Crippen molar-refractivity contribution in [3.63, 3.8) is 0 Å². The number of carbonyl (C=O) groups excluding carboxylic acids is 2. The summed E-state index contributed by atoms with van der Waals surface area (Å²) in [6.07, 6.45) is 3.77. The van der Waals surface area contributed by atoms with Crippen molar-refractivity contribution < 1.29 is 14.3 Å². The van der Waals surface area contributed by atoms with Gasteiger partial charge in [-0.25, -0.2) is 4.79 Å². The van der Waals surface area contributed by atoms with Crippen LogP contribution in [0.25, 0.3) is 0 Å². The molecule has 1 heterocycles. The summed E-state index contributed by atoms with van der Waals surface area (Å²) in [7, 11) is 3.38. The molecule has 1 aliphatic heterocycles. The fraction of sp³-hybridized carbons (Fsp3) is 0.556. The van der Waals surface area contributed by atoms with Crippen LogP contribution in [0, 0.1) is 0 Å². The van der Waals surface area contributed by atoms with Gasteiger partial charge in [-0.05, 0) is 30.5 Å². The summed E-state index contributed by atoms with van der Waals surface area (Å²) in [4.78, 5) is 27.6. The Morgan fingerprint density at radius 2 is 2.17 bits per heavy atom. The number of methoxy groups -OCH3 is 1. The van der Waals surface area contributed by atoms with E-state index in [0.717, 1.165) is 37.1 Å². The molecule has 0 aliphatic carbocycles. The molecule has 0 atom stereocenters. The molecule has 0 saturated carbocycles. The number of amides is 3. The fourth-order valence-electron chi connectivity index (χ4n) is 2.82. The first-order valence-electron chi connectivity index (χ1n) is 8.50. The third-order valence-corrected chi connectivity index (χ3v) is 4.23. The molecule has 1 aromatic rings. The van der Waals surface area contributed by atoms with Crippen molar-refractivity contribution in [1.82, 2.24) is 15.1 Å². The van der Waals surface area contributed by atoms with Gasteiger partial charge in [-0.3, -0.25) is 4.79 Å². The van der Waals surface area contributed by atoms with Gasteiger partial charge in [0.1, 0.15) is 5.75 Å². The monoisotopic (exact) mass is 333 g/mol. The molecule has 0 spiro atoms. The lowest BCUT2D eigenvalue weighted by Gasteiger charge is -2.22. The first-order chi connectivity index (χ1) is 11.6. The zero-order chi connectivity index (χ0) is 17.4. The number of benzene rings is 1. The molecule has 6 heteroatoms. The highest BCUT2D eigenvalue weighted by Gasteiger charge is 2.16. The number of likely N-dealkylation sites (tertiary alicyclic amines) is 1. The van der Waals surface area contributed by atoms with Crippen molar-refractivity contribution >= 4 is 11.9 Å². The molecule has 0 unspecified atom stereocenters. The van der Waals surface area contributed by atoms with Gasteiger partial charge in [0.05, 0.1) is 7.11 Å². The Kier molecular flexibility index (Phi) is 6.90. The van der Waals surface area contributed by atoms with E-state index >= 15 is 0 Å². The van der Waals surface area contributed by atoms with Crippen LogP contribution in [-0.4, -0.2) is 55.5 Å². The highest BCUT2D eigenvalue weighted by atomic mass is 16.5. The zero-order valence-electron chi connectivity index (χ0n) is 14.6. The number of nitrogens with zero attached hydrogens (tertiary/aromatic N) is 2. The number of nitrogens with one attached hydrogen (secondary N) is 1. The van der Waals surface area contributed by atoms with Gasteiger partial charge in [-0.2, -0.15) is 0 Å². The molecule has 1 fully saturated rings. The second-order valence-electron chi connectivity index (χ2n) is 6.13. The standard InChI is InChI=1S/C18H27N3O3/c1-20(14-15-7-6-8-16(13-15)24-2)18(23)19-10-12-21-11-5-3-4-9-17(21)22/h6-8,13H,3-5,9-12,14H2,1-2H3,(H,19,23). The summed E-state index contributed by atoms with van der Waals surface area (Å²) >= 11 is 0. The molecule has 132 valence electrons. The Bertz CT molecular complexity index is 562. The predicted octanol–water partition coefficient (Wildman–Crippen LogP) is 2.24. The third kappa shape index (κ3) is 5.44. The van der Waals surface area contributed by atoms with Crippen LogP contribution in [0.2, 0.25) is 0 Å². The summed E-state index contributed by atoms with van der Waals surface area (Å²) < 4.78 is 5.19. The van der Waals surface area contributed by atoms with E-state index in [1.54, 1.807) is 19.1 Å². The van der Waals surface area contributed by atoms with E-state index in [4.69, 9.17) is 4.74 Å². The van der Waals surface area contributed by atoms with Crippen LogP contribution in [0.4, 0.5) is 4.79 Å². The average molecular weight is 333 g/mol. The smallest absolute Gasteiger partial charge is 0.317 e. The Labute approximate surface area is 143 Å². The summed E-state index contributed by atoms with van der Waals surface area (Å²) in [5.74, 6) is 0.979. The molecule has 0 aromatic heterocycles. The van der Waals surface area contributed by atoms with Crippen molar-refractivity contribution in [2.75, 3.05) is 33.8 Å². The van der Waals surface area contributed by atoms with Crippen molar-refractivity contribution in [1.29, 1.82) is 0 Å². The lowest BCUT2D eigenvalue weighted by Crippen LogP contribution is -2.42. The van der Waals surface area contributed by atoms with Crippen LogP contribution >= 0.6 is 0 Å². The minimum Gasteiger partial charge on any atom is -0.497 e. The Morgan fingerprint density at radius 3 is 2.96 bits per heavy atom. The van der Waals surface area contributed by atoms with E-state index in [1.807, 2.05) is 29.2 Å². The van der Waals surface area contributed by atoms with E-state index in [-0.39, 0.29) is 11.9 Å². The van der Waals surface area contributed by atoms with Gasteiger partial charge in [0.2, 0.25) is 5.91 Å². The van der Waals surface area contributed by atoms with Gasteiger partial charge in [-0.1, -0.05) is 18.6 Å². The third-order valence-electron chi connectivity index (χ3n) is 4.23. The van der Waals surface area contributed by atoms with E-state index in [2.05, 4.69) is 5.32 Å². The maximum absolute atomic E-state index is 12.2. The summed E-state index contributed by atoms with van der Waals surface area (Å²) in [5, 5.41) is 2.88. The number of rotatable bonds is 6. The van der Waals surface area contributed by atoms with Crippen LogP contribution in [0.5, 0.6) is 5.75 Å². The Hall–Kier alpha value is -2.24. The second kappa shape index (κ2) is 9.15. The molecule has 0 bridgehead atoms. The van der Waals surface area contributed by atoms with E-state index in [9.17, 15) is 9.59 Å². The molecule has 0 radical (unpaired) electrons. The number of hydrogen-bond acceptors (Lipinski definition) is 3. The maximum Gasteiger partial charge on any atom is 0.317 e. The second-order valence-corrected chi connectivity index (χ2v) is 6.13. The fourth-order valence-corrected chi connectivity index (χ4v) is 2.82. The van der Waals surface area contributed by atoms with Crippen molar-refractivity contribution in [3.8, 4) is 5.75 Å². The molecule has 1 aliphatic rings. The molecule has 1 aromatic carbocycles. The van der Waals surface area contributed by atoms with E-state index < -0.39 is 0 Å². The van der Waals surface area contributed by atoms with Crippen LogP contribution < -0.4 is 10.1 Å². The van der Waals surface area contributed by atoms with Crippen LogP contribution in [0.3, 0.4) is 0 Å². The van der Waals surface area contributed by atoms with Gasteiger partial charge in [0.25, 0.3) is 0 Å². The van der Waals surface area contributed by atoms with Crippen molar-refractivity contribution in [2.24, 2.45) is 0 Å². The average Bonchev–Trinajstić information content (AvgIpc) is 2.79. The van der Waals surface area contributed by atoms with Crippen LogP contribution in [0.15, 0.2) is 24.3 Å². The highest BCUT2D eigenvalue weighted by Crippen LogP contribution is 2.14. The van der Waals surface area contributed by atoms with Crippen molar-refractivity contribution in [3.05, 3.63) is 29.8 Å². The van der Waals surface area contributed by atoms with Crippen LogP contribution in [-0.2, 0) is 11.3 Å². The molecule has 2 rings (SSSR count). The minimum atomic E-state index is -0.139. The zero-order valence-corrected chi connectivity index (χ0v) is 14.6. The molecule has 6 nitrogen and oxygen atoms in total. The summed E-state index contributed by atoms with van der Waals surface area (Å²) in [5.41, 5.74) is 1.01. The molecule has 3 amide bonds. The Morgan fingerprint density at radius 1 is 1.33 bits per heavy atom. The van der Waals surface area contributed by atoms with Gasteiger partial charge in [-0.15, -0.1) is 0 Å². The number of hydrogen-bond donors (Lipinski definition) is 1. The molecular weight excluding hydrogens is 306 g/mol. The van der Waals surface area contributed by atoms with E-state index in [1.165, 1.54) is 0 Å². The predicted molar refractivity (Wildman–Crippen MR) is 92.9 cm³/mol. The maximum atomic E-state index is 12.2. The van der Waals surface area contributed by atoms with Crippen LogP contribution in [0.1, 0.15) is 31.2 Å². The van der Waals surface area contributed by atoms with E-state index in [0.29, 0.717) is 26.1 Å². The number of carbonyl (C=O) groups is 2. The van der Waals surface area contributed by atoms with Gasteiger partial charge >= 0.3 is 6.03 Å². The molecular formula is C18H27N3O3.